The highest BCUT2D eigenvalue weighted by atomic mass is 79.9. The number of ether oxygens (including phenoxy) is 1. The molecule has 0 aliphatic heterocycles. The number of nitrogens with zero attached hydrogens (tertiary/aromatic N) is 2. The number of hydrogen-bond acceptors (Lipinski definition) is 4. The maximum Gasteiger partial charge on any atom is 0.573 e. The van der Waals surface area contributed by atoms with Crippen LogP contribution in [0, 0.1) is 17.0 Å². The largest absolute Gasteiger partial charge is 0.573 e. The maximum atomic E-state index is 12.0. The molecule has 1 aromatic heterocycles. The van der Waals surface area contributed by atoms with Crippen molar-refractivity contribution in [3.8, 4) is 5.75 Å². The Morgan fingerprint density at radius 1 is 1.59 bits per heavy atom. The predicted octanol–water partition coefficient (Wildman–Crippen LogP) is 3.09. The van der Waals surface area contributed by atoms with Crippen LogP contribution >= 0.6 is 15.9 Å². The topological polar surface area (TPSA) is 65.3 Å². The Balaban J connectivity index is 3.32. The highest BCUT2D eigenvalue weighted by Gasteiger charge is 2.35. The van der Waals surface area contributed by atoms with Gasteiger partial charge in [0, 0.05) is 5.33 Å². The summed E-state index contributed by atoms with van der Waals surface area (Å²) < 4.78 is 39.6. The maximum absolute atomic E-state index is 12.0. The molecule has 0 fully saturated rings. The standard InChI is InChI=1S/C8H6BrF3N2O3/c1-4-5(2-9)13-3-6(7(4)14(15)16)17-8(10,11)12/h3H,2H2,1H3. The lowest BCUT2D eigenvalue weighted by Gasteiger charge is -2.11. The summed E-state index contributed by atoms with van der Waals surface area (Å²) in [6.07, 6.45) is -4.30. The summed E-state index contributed by atoms with van der Waals surface area (Å²) in [5, 5.41) is 10.9. The number of rotatable bonds is 3. The van der Waals surface area contributed by atoms with Gasteiger partial charge in [0.15, 0.2) is 0 Å². The number of alkyl halides is 4. The minimum atomic E-state index is -4.99. The average Bonchev–Trinajstić information content (AvgIpc) is 2.14. The summed E-state index contributed by atoms with van der Waals surface area (Å²) >= 11 is 3.03. The molecule has 94 valence electrons. The molecule has 1 heterocycles. The fraction of sp³-hybridized carbons (Fsp3) is 0.375. The van der Waals surface area contributed by atoms with Crippen LogP contribution in [0.3, 0.4) is 0 Å². The van der Waals surface area contributed by atoms with Gasteiger partial charge in [0.25, 0.3) is 0 Å². The van der Waals surface area contributed by atoms with Gasteiger partial charge in [0.1, 0.15) is 0 Å². The monoisotopic (exact) mass is 314 g/mol. The fourth-order valence-corrected chi connectivity index (χ4v) is 1.74. The molecule has 0 bridgehead atoms. The van der Waals surface area contributed by atoms with Crippen LogP contribution < -0.4 is 4.74 Å². The molecule has 0 aliphatic carbocycles. The molecule has 0 unspecified atom stereocenters. The van der Waals surface area contributed by atoms with Crippen molar-refractivity contribution in [2.24, 2.45) is 0 Å². The quantitative estimate of drug-likeness (QED) is 0.488. The van der Waals surface area contributed by atoms with Crippen LogP contribution in [0.2, 0.25) is 0 Å². The summed E-state index contributed by atoms with van der Waals surface area (Å²) in [5.41, 5.74) is -0.411. The molecule has 0 amide bonds. The highest BCUT2D eigenvalue weighted by Crippen LogP contribution is 2.35. The zero-order chi connectivity index (χ0) is 13.2. The lowest BCUT2D eigenvalue weighted by molar-refractivity contribution is -0.389. The van der Waals surface area contributed by atoms with E-state index in [0.717, 1.165) is 0 Å². The van der Waals surface area contributed by atoms with Crippen molar-refractivity contribution in [3.05, 3.63) is 27.6 Å². The summed E-state index contributed by atoms with van der Waals surface area (Å²) in [6.45, 7) is 1.31. The van der Waals surface area contributed by atoms with Gasteiger partial charge in [-0.1, -0.05) is 15.9 Å². The summed E-state index contributed by atoms with van der Waals surface area (Å²) in [6, 6.07) is 0. The number of pyridine rings is 1. The second-order valence-electron chi connectivity index (χ2n) is 2.98. The molecular weight excluding hydrogens is 309 g/mol. The summed E-state index contributed by atoms with van der Waals surface area (Å²) in [7, 11) is 0. The van der Waals surface area contributed by atoms with E-state index in [4.69, 9.17) is 0 Å². The van der Waals surface area contributed by atoms with Gasteiger partial charge in [-0.2, -0.15) is 0 Å². The molecule has 0 spiro atoms. The van der Waals surface area contributed by atoms with Gasteiger partial charge >= 0.3 is 12.0 Å². The van der Waals surface area contributed by atoms with Gasteiger partial charge in [-0.05, 0) is 6.92 Å². The van der Waals surface area contributed by atoms with Gasteiger partial charge in [-0.3, -0.25) is 15.1 Å². The second-order valence-corrected chi connectivity index (χ2v) is 3.54. The first kappa shape index (κ1) is 13.7. The van der Waals surface area contributed by atoms with E-state index < -0.39 is 22.7 Å². The van der Waals surface area contributed by atoms with E-state index in [1.165, 1.54) is 6.92 Å². The van der Waals surface area contributed by atoms with Crippen molar-refractivity contribution >= 4 is 21.6 Å². The molecule has 17 heavy (non-hydrogen) atoms. The first-order valence-corrected chi connectivity index (χ1v) is 5.33. The molecule has 9 heteroatoms. The normalized spacial score (nSPS) is 11.4. The summed E-state index contributed by atoms with van der Waals surface area (Å²) in [4.78, 5) is 13.4. The second kappa shape index (κ2) is 4.86. The number of halogens is 4. The molecule has 0 aliphatic rings. The van der Waals surface area contributed by atoms with E-state index in [-0.39, 0.29) is 16.6 Å². The first-order chi connectivity index (χ1) is 7.76. The van der Waals surface area contributed by atoms with Crippen molar-refractivity contribution in [1.82, 2.24) is 4.98 Å². The molecule has 0 aromatic carbocycles. The molecule has 0 radical (unpaired) electrons. The van der Waals surface area contributed by atoms with E-state index >= 15 is 0 Å². The van der Waals surface area contributed by atoms with Crippen molar-refractivity contribution in [3.63, 3.8) is 0 Å². The zero-order valence-electron chi connectivity index (χ0n) is 8.42. The fourth-order valence-electron chi connectivity index (χ4n) is 1.18. The van der Waals surface area contributed by atoms with Crippen LogP contribution in [-0.2, 0) is 5.33 Å². The minimum Gasteiger partial charge on any atom is -0.397 e. The third-order valence-electron chi connectivity index (χ3n) is 1.89. The number of aromatic nitrogens is 1. The molecule has 1 rings (SSSR count). The molecule has 0 saturated heterocycles. The Morgan fingerprint density at radius 2 is 2.18 bits per heavy atom. The number of hydrogen-bond donors (Lipinski definition) is 0. The van der Waals surface area contributed by atoms with Crippen LogP contribution in [0.15, 0.2) is 6.20 Å². The van der Waals surface area contributed by atoms with Crippen molar-refractivity contribution < 1.29 is 22.8 Å². The van der Waals surface area contributed by atoms with Gasteiger partial charge < -0.3 is 4.74 Å². The Kier molecular flexibility index (Phi) is 3.91. The third kappa shape index (κ3) is 3.29. The number of nitro groups is 1. The van der Waals surface area contributed by atoms with Crippen LogP contribution in [0.4, 0.5) is 18.9 Å². The average molecular weight is 315 g/mol. The molecule has 0 saturated carbocycles. The van der Waals surface area contributed by atoms with Gasteiger partial charge in [-0.25, -0.2) is 0 Å². The first-order valence-electron chi connectivity index (χ1n) is 4.21. The molecule has 1 aromatic rings. The van der Waals surface area contributed by atoms with E-state index in [2.05, 4.69) is 25.7 Å². The Bertz CT molecular complexity index is 450. The van der Waals surface area contributed by atoms with Crippen LogP contribution in [0.1, 0.15) is 11.3 Å². The molecule has 5 nitrogen and oxygen atoms in total. The van der Waals surface area contributed by atoms with Gasteiger partial charge in [-0.15, -0.1) is 13.2 Å². The van der Waals surface area contributed by atoms with E-state index in [1.54, 1.807) is 0 Å². The Hall–Kier alpha value is -1.38. The lowest BCUT2D eigenvalue weighted by atomic mass is 10.2. The van der Waals surface area contributed by atoms with Crippen molar-refractivity contribution in [2.75, 3.05) is 0 Å². The molecule has 0 N–H and O–H groups in total. The third-order valence-corrected chi connectivity index (χ3v) is 2.43. The Morgan fingerprint density at radius 3 is 2.59 bits per heavy atom. The zero-order valence-corrected chi connectivity index (χ0v) is 10.0. The van der Waals surface area contributed by atoms with Crippen molar-refractivity contribution in [1.29, 1.82) is 0 Å². The summed E-state index contributed by atoms with van der Waals surface area (Å²) in [5.74, 6) is -0.912. The molecule has 0 atom stereocenters. The van der Waals surface area contributed by atoms with Crippen LogP contribution in [-0.4, -0.2) is 16.3 Å². The van der Waals surface area contributed by atoms with E-state index in [9.17, 15) is 23.3 Å². The highest BCUT2D eigenvalue weighted by molar-refractivity contribution is 9.08. The van der Waals surface area contributed by atoms with E-state index in [1.807, 2.05) is 0 Å². The molecular formula is C8H6BrF3N2O3. The smallest absolute Gasteiger partial charge is 0.397 e. The predicted molar refractivity (Wildman–Crippen MR) is 54.9 cm³/mol. The SMILES string of the molecule is Cc1c(CBr)ncc(OC(F)(F)F)c1[N+](=O)[O-]. The minimum absolute atomic E-state index is 0.0358. The van der Waals surface area contributed by atoms with E-state index in [0.29, 0.717) is 6.20 Å². The van der Waals surface area contributed by atoms with Crippen LogP contribution in [0.25, 0.3) is 0 Å². The van der Waals surface area contributed by atoms with Crippen molar-refractivity contribution in [2.45, 2.75) is 18.6 Å². The lowest BCUT2D eigenvalue weighted by Crippen LogP contribution is -2.18. The van der Waals surface area contributed by atoms with Gasteiger partial charge in [0.2, 0.25) is 5.75 Å². The van der Waals surface area contributed by atoms with Crippen LogP contribution in [0.5, 0.6) is 5.75 Å². The van der Waals surface area contributed by atoms with Gasteiger partial charge in [0.05, 0.1) is 22.4 Å². The Labute approximate surface area is 102 Å².